The van der Waals surface area contributed by atoms with Crippen LogP contribution >= 0.6 is 12.2 Å². The summed E-state index contributed by atoms with van der Waals surface area (Å²) in [7, 11) is 0. The van der Waals surface area contributed by atoms with Gasteiger partial charge in [0.1, 0.15) is 11.3 Å². The molecule has 0 atom stereocenters. The lowest BCUT2D eigenvalue weighted by Gasteiger charge is -2.03. The van der Waals surface area contributed by atoms with Gasteiger partial charge in [-0.2, -0.15) is 0 Å². The molecule has 0 bridgehead atoms. The Labute approximate surface area is 106 Å². The number of H-pyrrole nitrogens is 1. The third kappa shape index (κ3) is 2.40. The van der Waals surface area contributed by atoms with E-state index in [1.54, 1.807) is 4.57 Å². The van der Waals surface area contributed by atoms with E-state index in [1.165, 1.54) is 6.07 Å². The number of rotatable bonds is 4. The highest BCUT2D eigenvalue weighted by atomic mass is 32.1. The molecule has 1 heterocycles. The fourth-order valence-corrected chi connectivity index (χ4v) is 2.11. The van der Waals surface area contributed by atoms with Crippen LogP contribution in [-0.2, 0) is 11.3 Å². The summed E-state index contributed by atoms with van der Waals surface area (Å²) in [6.45, 7) is 0.380. The summed E-state index contributed by atoms with van der Waals surface area (Å²) in [4.78, 5) is 13.3. The van der Waals surface area contributed by atoms with E-state index in [2.05, 4.69) is 4.98 Å². The van der Waals surface area contributed by atoms with Gasteiger partial charge in [-0.3, -0.25) is 4.79 Å². The van der Waals surface area contributed by atoms with Gasteiger partial charge in [-0.15, -0.1) is 0 Å². The van der Waals surface area contributed by atoms with Crippen LogP contribution < -0.4 is 5.73 Å². The van der Waals surface area contributed by atoms with Gasteiger partial charge in [0.2, 0.25) is 5.91 Å². The van der Waals surface area contributed by atoms with Crippen molar-refractivity contribution in [3.63, 3.8) is 0 Å². The lowest BCUT2D eigenvalue weighted by molar-refractivity contribution is -0.118. The van der Waals surface area contributed by atoms with Gasteiger partial charge in [0.25, 0.3) is 0 Å². The molecule has 4 nitrogen and oxygen atoms in total. The number of halogens is 2. The van der Waals surface area contributed by atoms with E-state index in [-0.39, 0.29) is 11.9 Å². The van der Waals surface area contributed by atoms with Crippen molar-refractivity contribution < 1.29 is 13.6 Å². The van der Waals surface area contributed by atoms with E-state index < -0.39 is 17.5 Å². The summed E-state index contributed by atoms with van der Waals surface area (Å²) in [5, 5.41) is 0. The number of carbonyl (C=O) groups excluding carboxylic acids is 1. The zero-order chi connectivity index (χ0) is 13.3. The van der Waals surface area contributed by atoms with E-state index >= 15 is 0 Å². The van der Waals surface area contributed by atoms with Gasteiger partial charge in [-0.1, -0.05) is 0 Å². The van der Waals surface area contributed by atoms with Crippen LogP contribution in [0.25, 0.3) is 11.0 Å². The number of benzene rings is 1. The molecule has 7 heteroatoms. The number of nitrogens with one attached hydrogen (secondary N) is 1. The van der Waals surface area contributed by atoms with Crippen molar-refractivity contribution >= 4 is 29.2 Å². The van der Waals surface area contributed by atoms with Gasteiger partial charge in [-0.25, -0.2) is 8.78 Å². The van der Waals surface area contributed by atoms with E-state index in [1.807, 2.05) is 0 Å². The van der Waals surface area contributed by atoms with Crippen LogP contribution in [0.5, 0.6) is 0 Å². The fraction of sp³-hybridized carbons (Fsp3) is 0.273. The average molecular weight is 271 g/mol. The number of carbonyl (C=O) groups is 1. The monoisotopic (exact) mass is 271 g/mol. The Balaban J connectivity index is 2.40. The third-order valence-corrected chi connectivity index (χ3v) is 2.93. The number of aromatic amines is 1. The van der Waals surface area contributed by atoms with Crippen molar-refractivity contribution in [2.24, 2.45) is 5.73 Å². The van der Waals surface area contributed by atoms with Crippen LogP contribution in [0.3, 0.4) is 0 Å². The van der Waals surface area contributed by atoms with Crippen molar-refractivity contribution in [1.82, 2.24) is 9.55 Å². The number of hydrogen-bond donors (Lipinski definition) is 2. The first kappa shape index (κ1) is 12.7. The fourth-order valence-electron chi connectivity index (χ4n) is 1.81. The summed E-state index contributed by atoms with van der Waals surface area (Å²) in [6.07, 6.45) is 0.668. The van der Waals surface area contributed by atoms with Crippen LogP contribution in [0.15, 0.2) is 12.1 Å². The summed E-state index contributed by atoms with van der Waals surface area (Å²) >= 11 is 5.04. The summed E-state index contributed by atoms with van der Waals surface area (Å²) in [5.74, 6) is -1.78. The molecule has 0 aliphatic rings. The van der Waals surface area contributed by atoms with Crippen LogP contribution in [0.4, 0.5) is 8.78 Å². The largest absolute Gasteiger partial charge is 0.370 e. The number of aryl methyl sites for hydroxylation is 1. The molecule has 0 unspecified atom stereocenters. The minimum atomic E-state index is -0.690. The maximum Gasteiger partial charge on any atom is 0.217 e. The molecule has 2 rings (SSSR count). The topological polar surface area (TPSA) is 63.8 Å². The second kappa shape index (κ2) is 4.85. The first-order chi connectivity index (χ1) is 8.49. The molecule has 3 N–H and O–H groups in total. The van der Waals surface area contributed by atoms with Gasteiger partial charge < -0.3 is 15.3 Å². The van der Waals surface area contributed by atoms with Crippen molar-refractivity contribution in [2.45, 2.75) is 19.4 Å². The Morgan fingerprint density at radius 1 is 1.44 bits per heavy atom. The molecule has 1 aromatic heterocycles. The molecule has 0 fully saturated rings. The highest BCUT2D eigenvalue weighted by Crippen LogP contribution is 2.19. The van der Waals surface area contributed by atoms with Gasteiger partial charge in [-0.05, 0) is 24.7 Å². The molecule has 96 valence electrons. The van der Waals surface area contributed by atoms with Crippen molar-refractivity contribution in [2.75, 3.05) is 0 Å². The normalized spacial score (nSPS) is 11.0. The number of nitrogens with two attached hydrogens (primary N) is 1. The molecule has 0 saturated carbocycles. The molecule has 0 radical (unpaired) electrons. The number of nitrogens with zero attached hydrogens (tertiary/aromatic N) is 1. The minimum absolute atomic E-state index is 0.167. The molecule has 1 aromatic carbocycles. The predicted octanol–water partition coefficient (Wildman–Crippen LogP) is 2.24. The number of imidazole rings is 1. The van der Waals surface area contributed by atoms with Gasteiger partial charge in [0, 0.05) is 19.0 Å². The minimum Gasteiger partial charge on any atom is -0.370 e. The summed E-state index contributed by atoms with van der Waals surface area (Å²) < 4.78 is 28.5. The summed E-state index contributed by atoms with van der Waals surface area (Å²) in [5.41, 5.74) is 5.54. The first-order valence-corrected chi connectivity index (χ1v) is 5.75. The molecule has 0 saturated heterocycles. The Morgan fingerprint density at radius 2 is 2.17 bits per heavy atom. The van der Waals surface area contributed by atoms with Crippen molar-refractivity contribution in [3.8, 4) is 0 Å². The number of primary amides is 1. The Kier molecular flexibility index (Phi) is 3.42. The van der Waals surface area contributed by atoms with Crippen LogP contribution in [0, 0.1) is 16.4 Å². The van der Waals surface area contributed by atoms with Gasteiger partial charge >= 0.3 is 0 Å². The van der Waals surface area contributed by atoms with E-state index in [0.29, 0.717) is 23.3 Å². The second-order valence-corrected chi connectivity index (χ2v) is 4.32. The SMILES string of the molecule is NC(=O)CCCn1c(=S)[nH]c2c(F)cc(F)cc21. The average Bonchev–Trinajstić information content (AvgIpc) is 2.56. The molecular formula is C11H11F2N3OS. The van der Waals surface area contributed by atoms with E-state index in [9.17, 15) is 13.6 Å². The van der Waals surface area contributed by atoms with E-state index in [0.717, 1.165) is 6.07 Å². The number of hydrogen-bond acceptors (Lipinski definition) is 2. The molecule has 0 aliphatic heterocycles. The third-order valence-electron chi connectivity index (χ3n) is 2.61. The number of fused-ring (bicyclic) bond motifs is 1. The zero-order valence-corrected chi connectivity index (χ0v) is 10.2. The standard InChI is InChI=1S/C11H11F2N3OS/c12-6-4-7(13)10-8(5-6)16(11(18)15-10)3-1-2-9(14)17/h4-5H,1-3H2,(H2,14,17)(H,15,18). The van der Waals surface area contributed by atoms with Crippen LogP contribution in [0.2, 0.25) is 0 Å². The molecule has 0 spiro atoms. The summed E-state index contributed by atoms with van der Waals surface area (Å²) in [6, 6.07) is 2.00. The zero-order valence-electron chi connectivity index (χ0n) is 9.37. The smallest absolute Gasteiger partial charge is 0.217 e. The van der Waals surface area contributed by atoms with Crippen molar-refractivity contribution in [1.29, 1.82) is 0 Å². The van der Waals surface area contributed by atoms with Crippen LogP contribution in [-0.4, -0.2) is 15.5 Å². The van der Waals surface area contributed by atoms with Gasteiger partial charge in [0.15, 0.2) is 10.6 Å². The maximum absolute atomic E-state index is 13.5. The number of aromatic nitrogens is 2. The highest BCUT2D eigenvalue weighted by molar-refractivity contribution is 7.71. The first-order valence-electron chi connectivity index (χ1n) is 5.35. The van der Waals surface area contributed by atoms with Crippen LogP contribution in [0.1, 0.15) is 12.8 Å². The molecular weight excluding hydrogens is 260 g/mol. The lowest BCUT2D eigenvalue weighted by atomic mass is 10.2. The van der Waals surface area contributed by atoms with E-state index in [4.69, 9.17) is 18.0 Å². The Morgan fingerprint density at radius 3 is 2.83 bits per heavy atom. The second-order valence-electron chi connectivity index (χ2n) is 3.93. The van der Waals surface area contributed by atoms with Gasteiger partial charge in [0.05, 0.1) is 5.52 Å². The lowest BCUT2D eigenvalue weighted by Crippen LogP contribution is -2.11. The van der Waals surface area contributed by atoms with Crippen molar-refractivity contribution in [3.05, 3.63) is 28.5 Å². The highest BCUT2D eigenvalue weighted by Gasteiger charge is 2.10. The molecule has 2 aromatic rings. The number of amides is 1. The quantitative estimate of drug-likeness (QED) is 0.838. The molecule has 1 amide bonds. The maximum atomic E-state index is 13.5. The predicted molar refractivity (Wildman–Crippen MR) is 65.5 cm³/mol. The Bertz CT molecular complexity index is 662. The molecule has 18 heavy (non-hydrogen) atoms. The Hall–Kier alpha value is -1.76. The molecule has 0 aliphatic carbocycles.